The Kier molecular flexibility index (Phi) is 7.89. The van der Waals surface area contributed by atoms with Crippen LogP contribution in [0.3, 0.4) is 0 Å². The molecular weight excluding hydrogens is 299 g/mol. The zero-order valence-corrected chi connectivity index (χ0v) is 15.0. The second-order valence-electron chi connectivity index (χ2n) is 6.69. The van der Waals surface area contributed by atoms with E-state index in [1.54, 1.807) is 12.1 Å². The van der Waals surface area contributed by atoms with Crippen LogP contribution in [0.2, 0.25) is 0 Å². The van der Waals surface area contributed by atoms with Crippen LogP contribution in [0.4, 0.5) is 4.39 Å². The molecule has 0 bridgehead atoms. The van der Waals surface area contributed by atoms with Crippen LogP contribution < -0.4 is 4.74 Å². The molecule has 0 unspecified atom stereocenters. The van der Waals surface area contributed by atoms with Crippen LogP contribution in [0.15, 0.2) is 30.4 Å². The van der Waals surface area contributed by atoms with E-state index in [0.29, 0.717) is 23.8 Å². The van der Waals surface area contributed by atoms with Gasteiger partial charge in [-0.2, -0.15) is 0 Å². The van der Waals surface area contributed by atoms with Gasteiger partial charge in [-0.15, -0.1) is 0 Å². The Morgan fingerprint density at radius 2 is 1.96 bits per heavy atom. The summed E-state index contributed by atoms with van der Waals surface area (Å²) in [6.45, 7) is 4.90. The molecule has 0 heterocycles. The maximum atomic E-state index is 14.0. The lowest BCUT2D eigenvalue weighted by molar-refractivity contribution is 0.294. The Morgan fingerprint density at radius 3 is 2.62 bits per heavy atom. The molecule has 0 spiro atoms. The number of rotatable bonds is 6. The summed E-state index contributed by atoms with van der Waals surface area (Å²) in [5.41, 5.74) is 0.426. The summed E-state index contributed by atoms with van der Waals surface area (Å²) < 4.78 is 19.4. The molecule has 0 aromatic heterocycles. The summed E-state index contributed by atoms with van der Waals surface area (Å²) in [5.74, 6) is 7.69. The lowest BCUT2D eigenvalue weighted by Crippen LogP contribution is -2.12. The Balaban J connectivity index is 1.84. The average Bonchev–Trinajstić information content (AvgIpc) is 2.60. The van der Waals surface area contributed by atoms with Gasteiger partial charge in [0.1, 0.15) is 11.6 Å². The molecule has 24 heavy (non-hydrogen) atoms. The zero-order valence-electron chi connectivity index (χ0n) is 15.0. The van der Waals surface area contributed by atoms with Gasteiger partial charge in [-0.25, -0.2) is 4.39 Å². The molecule has 1 aliphatic rings. The monoisotopic (exact) mass is 328 g/mol. The van der Waals surface area contributed by atoms with Gasteiger partial charge in [0.25, 0.3) is 0 Å². The minimum atomic E-state index is -0.315. The van der Waals surface area contributed by atoms with Crippen LogP contribution in [0, 0.1) is 29.5 Å². The Hall–Kier alpha value is -1.75. The molecule has 130 valence electrons. The van der Waals surface area contributed by atoms with Gasteiger partial charge >= 0.3 is 0 Å². The molecule has 1 fully saturated rings. The molecule has 1 aromatic carbocycles. The molecule has 0 saturated heterocycles. The van der Waals surface area contributed by atoms with E-state index in [-0.39, 0.29) is 5.82 Å². The van der Waals surface area contributed by atoms with Gasteiger partial charge in [0.2, 0.25) is 0 Å². The normalized spacial score (nSPS) is 20.6. The first-order valence-electron chi connectivity index (χ1n) is 9.33. The highest BCUT2D eigenvalue weighted by atomic mass is 19.1. The Morgan fingerprint density at radius 1 is 1.17 bits per heavy atom. The summed E-state index contributed by atoms with van der Waals surface area (Å²) in [4.78, 5) is 0. The summed E-state index contributed by atoms with van der Waals surface area (Å²) in [6, 6.07) is 4.89. The van der Waals surface area contributed by atoms with Gasteiger partial charge < -0.3 is 4.74 Å². The number of hydrogen-bond acceptors (Lipinski definition) is 1. The Labute approximate surface area is 146 Å². The van der Waals surface area contributed by atoms with E-state index >= 15 is 0 Å². The minimum Gasteiger partial charge on any atom is -0.494 e. The highest BCUT2D eigenvalue weighted by Crippen LogP contribution is 2.32. The first kappa shape index (κ1) is 18.6. The summed E-state index contributed by atoms with van der Waals surface area (Å²) in [5, 5.41) is 0. The number of allylic oxidation sites excluding steroid dienone is 2. The molecule has 0 aliphatic heterocycles. The van der Waals surface area contributed by atoms with Gasteiger partial charge in [0, 0.05) is 6.07 Å². The molecule has 2 heteroatoms. The second-order valence-corrected chi connectivity index (χ2v) is 6.69. The maximum absolute atomic E-state index is 14.0. The van der Waals surface area contributed by atoms with Crippen molar-refractivity contribution in [1.29, 1.82) is 0 Å². The van der Waals surface area contributed by atoms with Crippen molar-refractivity contribution in [1.82, 2.24) is 0 Å². The molecule has 1 aromatic rings. The highest BCUT2D eigenvalue weighted by Gasteiger charge is 2.18. The van der Waals surface area contributed by atoms with E-state index in [1.807, 2.05) is 13.0 Å². The summed E-state index contributed by atoms with van der Waals surface area (Å²) in [7, 11) is 0. The molecule has 1 nitrogen and oxygen atoms in total. The molecule has 0 atom stereocenters. The van der Waals surface area contributed by atoms with E-state index in [9.17, 15) is 4.39 Å². The summed E-state index contributed by atoms with van der Waals surface area (Å²) >= 11 is 0. The molecule has 0 radical (unpaired) electrons. The third-order valence-electron chi connectivity index (χ3n) is 4.66. The molecule has 1 saturated carbocycles. The van der Waals surface area contributed by atoms with Crippen molar-refractivity contribution in [3.05, 3.63) is 41.7 Å². The SMILES string of the molecule is CCCOc1ccc(C#C/C=C/[C@H]2CC[C@H](CCC)CC2)c(F)c1. The van der Waals surface area contributed by atoms with Crippen molar-refractivity contribution < 1.29 is 9.13 Å². The van der Waals surface area contributed by atoms with E-state index in [4.69, 9.17) is 4.74 Å². The van der Waals surface area contributed by atoms with Crippen LogP contribution in [-0.4, -0.2) is 6.61 Å². The number of hydrogen-bond donors (Lipinski definition) is 0. The summed E-state index contributed by atoms with van der Waals surface area (Å²) in [6.07, 6.45) is 12.9. The van der Waals surface area contributed by atoms with E-state index in [1.165, 1.54) is 44.6 Å². The van der Waals surface area contributed by atoms with Crippen LogP contribution in [0.5, 0.6) is 5.75 Å². The van der Waals surface area contributed by atoms with Crippen LogP contribution in [0.1, 0.15) is 64.4 Å². The first-order valence-corrected chi connectivity index (χ1v) is 9.33. The molecule has 0 N–H and O–H groups in total. The standard InChI is InChI=1S/C22H29FO/c1-3-7-18-10-12-19(13-11-18)8-5-6-9-20-14-15-21(17-22(20)23)24-16-4-2/h5,8,14-15,17-19H,3-4,7,10-13,16H2,1-2H3/b8-5+/t18-,19-. The second kappa shape index (κ2) is 10.2. The van der Waals surface area contributed by atoms with Crippen LogP contribution >= 0.6 is 0 Å². The predicted molar refractivity (Wildman–Crippen MR) is 98.6 cm³/mol. The topological polar surface area (TPSA) is 9.23 Å². The van der Waals surface area contributed by atoms with Crippen molar-refractivity contribution in [2.24, 2.45) is 11.8 Å². The molecular formula is C22H29FO. The molecule has 0 amide bonds. The van der Waals surface area contributed by atoms with Crippen molar-refractivity contribution in [2.45, 2.75) is 58.8 Å². The van der Waals surface area contributed by atoms with E-state index < -0.39 is 0 Å². The first-order chi connectivity index (χ1) is 11.7. The van der Waals surface area contributed by atoms with E-state index in [2.05, 4.69) is 24.8 Å². The van der Waals surface area contributed by atoms with E-state index in [0.717, 1.165) is 12.3 Å². The third kappa shape index (κ3) is 6.04. The maximum Gasteiger partial charge on any atom is 0.142 e. The van der Waals surface area contributed by atoms with Gasteiger partial charge in [-0.1, -0.05) is 44.6 Å². The minimum absolute atomic E-state index is 0.315. The zero-order chi connectivity index (χ0) is 17.2. The lowest BCUT2D eigenvalue weighted by atomic mass is 9.80. The van der Waals surface area contributed by atoms with Gasteiger partial charge in [-0.05, 0) is 62.1 Å². The van der Waals surface area contributed by atoms with Gasteiger partial charge in [-0.3, -0.25) is 0 Å². The number of benzene rings is 1. The number of ether oxygens (including phenoxy) is 1. The fraction of sp³-hybridized carbons (Fsp3) is 0.545. The van der Waals surface area contributed by atoms with Crippen LogP contribution in [0.25, 0.3) is 0 Å². The highest BCUT2D eigenvalue weighted by molar-refractivity contribution is 5.41. The van der Waals surface area contributed by atoms with Crippen LogP contribution in [-0.2, 0) is 0 Å². The smallest absolute Gasteiger partial charge is 0.142 e. The predicted octanol–water partition coefficient (Wildman–Crippen LogP) is 6.13. The third-order valence-corrected chi connectivity index (χ3v) is 4.66. The molecule has 2 rings (SSSR count). The fourth-order valence-electron chi connectivity index (χ4n) is 3.29. The number of halogens is 1. The quantitative estimate of drug-likeness (QED) is 0.571. The fourth-order valence-corrected chi connectivity index (χ4v) is 3.29. The van der Waals surface area contributed by atoms with Crippen molar-refractivity contribution in [3.63, 3.8) is 0 Å². The largest absolute Gasteiger partial charge is 0.494 e. The van der Waals surface area contributed by atoms with Gasteiger partial charge in [0.05, 0.1) is 12.2 Å². The average molecular weight is 328 g/mol. The molecule has 1 aliphatic carbocycles. The van der Waals surface area contributed by atoms with Crippen molar-refractivity contribution in [2.75, 3.05) is 6.61 Å². The van der Waals surface area contributed by atoms with Gasteiger partial charge in [0.15, 0.2) is 0 Å². The van der Waals surface area contributed by atoms with Crippen molar-refractivity contribution in [3.8, 4) is 17.6 Å². The van der Waals surface area contributed by atoms with Crippen molar-refractivity contribution >= 4 is 0 Å². The Bertz CT molecular complexity index is 586. The lowest BCUT2D eigenvalue weighted by Gasteiger charge is -2.26.